The number of ether oxygens (including phenoxy) is 2. The zero-order chi connectivity index (χ0) is 33.3. The first-order chi connectivity index (χ1) is 21.3. The van der Waals surface area contributed by atoms with E-state index in [4.69, 9.17) is 32.7 Å². The fourth-order valence-electron chi connectivity index (χ4n) is 5.71. The van der Waals surface area contributed by atoms with E-state index >= 15 is 8.78 Å². The number of amides is 1. The van der Waals surface area contributed by atoms with Gasteiger partial charge in [-0.05, 0) is 41.2 Å². The third-order valence-corrected chi connectivity index (χ3v) is 8.66. The molecule has 2 aromatic rings. The number of nitrogens with zero attached hydrogens (tertiary/aromatic N) is 4. The average molecular weight is 672 g/mol. The Bertz CT molecular complexity index is 1290. The molecule has 8 nitrogen and oxygen atoms in total. The molecule has 0 saturated carbocycles. The lowest BCUT2D eigenvalue weighted by Crippen LogP contribution is -2.48. The zero-order valence-corrected chi connectivity index (χ0v) is 28.5. The first-order valence-electron chi connectivity index (χ1n) is 15.1. The van der Waals surface area contributed by atoms with E-state index in [0.29, 0.717) is 32.8 Å². The molecule has 4 unspecified atom stereocenters. The number of aliphatic hydroxyl groups is 1. The standard InChI is InChI=1S/C33H46Cl2F2N4O4/c1-33(2,3)12-13-40-21-41(20-28(42)39(14-16-44-5)15-17-45-6)32(43)31(40)29(24-8-7-9-26(35)30(24)37)25(19-38-4)23-11-10-22(34)18-27(23)36/h7-11,18-19,25,28-29,31,42H,12-17,20-21H2,1-6H3. The predicted octanol–water partition coefficient (Wildman–Crippen LogP) is 5.66. The SMILES string of the molecule is CN=CC(c1ccc(Cl)cc1F)C(c1cccc(Cl)c1F)C1C(=O)N(CC(O)N(CCOC)CCOC)CN1CCC(C)(C)C. The molecule has 1 amide bonds. The van der Waals surface area contributed by atoms with E-state index in [1.54, 1.807) is 61.5 Å². The van der Waals surface area contributed by atoms with Crippen LogP contribution in [0.2, 0.25) is 10.0 Å². The number of rotatable bonds is 16. The second-order valence-corrected chi connectivity index (χ2v) is 13.4. The number of methoxy groups -OCH3 is 2. The minimum Gasteiger partial charge on any atom is -0.383 e. The van der Waals surface area contributed by atoms with Gasteiger partial charge < -0.3 is 24.5 Å². The summed E-state index contributed by atoms with van der Waals surface area (Å²) in [6.07, 6.45) is 1.26. The summed E-state index contributed by atoms with van der Waals surface area (Å²) in [6.45, 7) is 8.64. The molecule has 0 bridgehead atoms. The number of carbonyl (C=O) groups is 1. The Balaban J connectivity index is 2.14. The average Bonchev–Trinajstić information content (AvgIpc) is 3.27. The van der Waals surface area contributed by atoms with Gasteiger partial charge >= 0.3 is 0 Å². The molecule has 0 aromatic heterocycles. The van der Waals surface area contributed by atoms with Gasteiger partial charge in [0.15, 0.2) is 0 Å². The number of β-amino-alcohol motifs (C(OH)–C–C–N with tert-alkyl or cyclic N) is 1. The van der Waals surface area contributed by atoms with Crippen molar-refractivity contribution in [1.29, 1.82) is 0 Å². The number of benzene rings is 2. The third-order valence-electron chi connectivity index (χ3n) is 8.13. The largest absolute Gasteiger partial charge is 0.383 e. The topological polar surface area (TPSA) is 77.8 Å². The van der Waals surface area contributed by atoms with Gasteiger partial charge in [-0.2, -0.15) is 0 Å². The highest BCUT2D eigenvalue weighted by Gasteiger charge is 2.48. The van der Waals surface area contributed by atoms with Crippen LogP contribution < -0.4 is 0 Å². The molecule has 0 aliphatic carbocycles. The number of hydrogen-bond donors (Lipinski definition) is 1. The molecule has 12 heteroatoms. The van der Waals surface area contributed by atoms with Crippen molar-refractivity contribution in [3.8, 4) is 0 Å². The summed E-state index contributed by atoms with van der Waals surface area (Å²) in [5, 5.41) is 11.4. The fourth-order valence-corrected chi connectivity index (χ4v) is 6.05. The summed E-state index contributed by atoms with van der Waals surface area (Å²) < 4.78 is 42.0. The van der Waals surface area contributed by atoms with Gasteiger partial charge in [-0.1, -0.05) is 62.2 Å². The summed E-state index contributed by atoms with van der Waals surface area (Å²) in [6, 6.07) is 8.03. The molecule has 1 N–H and O–H groups in total. The quantitative estimate of drug-likeness (QED) is 0.184. The Morgan fingerprint density at radius 1 is 1.11 bits per heavy atom. The molecule has 1 aliphatic heterocycles. The van der Waals surface area contributed by atoms with Crippen LogP contribution >= 0.6 is 23.2 Å². The Morgan fingerprint density at radius 3 is 2.36 bits per heavy atom. The molecule has 0 spiro atoms. The normalized spacial score (nSPS) is 18.4. The van der Waals surface area contributed by atoms with Crippen LogP contribution in [0.15, 0.2) is 41.4 Å². The highest BCUT2D eigenvalue weighted by atomic mass is 35.5. The third kappa shape index (κ3) is 9.91. The van der Waals surface area contributed by atoms with Gasteiger partial charge in [0.1, 0.15) is 17.9 Å². The van der Waals surface area contributed by atoms with Gasteiger partial charge in [0.25, 0.3) is 0 Å². The molecular formula is C33H46Cl2F2N4O4. The second kappa shape index (κ2) is 17.1. The van der Waals surface area contributed by atoms with Crippen molar-refractivity contribution in [3.63, 3.8) is 0 Å². The van der Waals surface area contributed by atoms with Crippen molar-refractivity contribution in [1.82, 2.24) is 14.7 Å². The highest BCUT2D eigenvalue weighted by molar-refractivity contribution is 6.31. The Kier molecular flexibility index (Phi) is 14.2. The van der Waals surface area contributed by atoms with Gasteiger partial charge in [0, 0.05) is 64.0 Å². The molecule has 3 rings (SSSR count). The van der Waals surface area contributed by atoms with Crippen LogP contribution in [0.4, 0.5) is 8.78 Å². The van der Waals surface area contributed by atoms with Crippen molar-refractivity contribution in [2.24, 2.45) is 10.4 Å². The van der Waals surface area contributed by atoms with Crippen molar-refractivity contribution in [2.45, 2.75) is 51.3 Å². The lowest BCUT2D eigenvalue weighted by Gasteiger charge is -2.35. The van der Waals surface area contributed by atoms with Crippen LogP contribution in [0.5, 0.6) is 0 Å². The van der Waals surface area contributed by atoms with Gasteiger partial charge in [-0.3, -0.25) is 14.6 Å². The van der Waals surface area contributed by atoms with Crippen LogP contribution in [0.25, 0.3) is 0 Å². The summed E-state index contributed by atoms with van der Waals surface area (Å²) in [5.74, 6) is -3.35. The molecule has 1 saturated heterocycles. The Labute approximate surface area is 275 Å². The van der Waals surface area contributed by atoms with Gasteiger partial charge in [0.2, 0.25) is 5.91 Å². The predicted molar refractivity (Wildman–Crippen MR) is 175 cm³/mol. The molecule has 1 fully saturated rings. The van der Waals surface area contributed by atoms with E-state index in [-0.39, 0.29) is 45.7 Å². The minimum atomic E-state index is -1.01. The maximum atomic E-state index is 16.0. The van der Waals surface area contributed by atoms with E-state index in [0.717, 1.165) is 6.42 Å². The minimum absolute atomic E-state index is 0.00136. The van der Waals surface area contributed by atoms with Gasteiger partial charge in [0.05, 0.1) is 37.5 Å². The number of aliphatic hydroxyl groups excluding tert-OH is 1. The number of aliphatic imine (C=N–C) groups is 1. The molecule has 0 radical (unpaired) electrons. The summed E-state index contributed by atoms with van der Waals surface area (Å²) in [5.41, 5.74) is 0.327. The maximum absolute atomic E-state index is 16.0. The molecule has 1 aliphatic rings. The van der Waals surface area contributed by atoms with Gasteiger partial charge in [-0.25, -0.2) is 8.78 Å². The maximum Gasteiger partial charge on any atom is 0.241 e. The van der Waals surface area contributed by atoms with Crippen molar-refractivity contribution in [3.05, 3.63) is 69.2 Å². The fraction of sp³-hybridized carbons (Fsp3) is 0.576. The van der Waals surface area contributed by atoms with Crippen LogP contribution in [-0.4, -0.2) is 112 Å². The molecule has 250 valence electrons. The van der Waals surface area contributed by atoms with Crippen LogP contribution in [0, 0.1) is 17.0 Å². The van der Waals surface area contributed by atoms with E-state index in [2.05, 4.69) is 25.8 Å². The Morgan fingerprint density at radius 2 is 1.78 bits per heavy atom. The van der Waals surface area contributed by atoms with E-state index in [1.807, 2.05) is 4.90 Å². The van der Waals surface area contributed by atoms with Crippen LogP contribution in [-0.2, 0) is 14.3 Å². The Hall–Kier alpha value is -2.18. The van der Waals surface area contributed by atoms with E-state index in [1.165, 1.54) is 12.1 Å². The van der Waals surface area contributed by atoms with Crippen molar-refractivity contribution >= 4 is 35.3 Å². The molecule has 4 atom stereocenters. The highest BCUT2D eigenvalue weighted by Crippen LogP contribution is 2.43. The molecular weight excluding hydrogens is 625 g/mol. The lowest BCUT2D eigenvalue weighted by molar-refractivity contribution is -0.133. The molecule has 45 heavy (non-hydrogen) atoms. The van der Waals surface area contributed by atoms with E-state index in [9.17, 15) is 9.90 Å². The first kappa shape index (κ1) is 37.3. The molecule has 1 heterocycles. The monoisotopic (exact) mass is 670 g/mol. The molecule has 2 aromatic carbocycles. The number of carbonyl (C=O) groups excluding carboxylic acids is 1. The summed E-state index contributed by atoms with van der Waals surface area (Å²) in [7, 11) is 4.71. The second-order valence-electron chi connectivity index (χ2n) is 12.5. The smallest absolute Gasteiger partial charge is 0.241 e. The van der Waals surface area contributed by atoms with Crippen molar-refractivity contribution in [2.75, 3.05) is 67.3 Å². The summed E-state index contributed by atoms with van der Waals surface area (Å²) >= 11 is 12.4. The number of hydrogen-bond acceptors (Lipinski definition) is 7. The summed E-state index contributed by atoms with van der Waals surface area (Å²) in [4.78, 5) is 24.1. The van der Waals surface area contributed by atoms with Crippen LogP contribution in [0.3, 0.4) is 0 Å². The van der Waals surface area contributed by atoms with Gasteiger partial charge in [-0.15, -0.1) is 0 Å². The van der Waals surface area contributed by atoms with Crippen LogP contribution in [0.1, 0.15) is 50.2 Å². The number of halogens is 4. The van der Waals surface area contributed by atoms with Crippen molar-refractivity contribution < 1.29 is 28.2 Å². The van der Waals surface area contributed by atoms with E-state index < -0.39 is 35.7 Å². The zero-order valence-electron chi connectivity index (χ0n) is 27.0. The lowest BCUT2D eigenvalue weighted by atomic mass is 9.76. The first-order valence-corrected chi connectivity index (χ1v) is 15.8.